The van der Waals surface area contributed by atoms with E-state index in [1.807, 2.05) is 6.07 Å². The van der Waals surface area contributed by atoms with Gasteiger partial charge in [-0.05, 0) is 43.3 Å². The molecule has 1 amide bonds. The minimum atomic E-state index is -0.867. The second-order valence-corrected chi connectivity index (χ2v) is 6.80. The van der Waals surface area contributed by atoms with Crippen LogP contribution in [0.15, 0.2) is 53.3 Å². The van der Waals surface area contributed by atoms with Crippen molar-refractivity contribution in [2.45, 2.75) is 13.0 Å². The van der Waals surface area contributed by atoms with Crippen molar-refractivity contribution in [2.75, 3.05) is 26.3 Å². The fourth-order valence-corrected chi connectivity index (χ4v) is 3.16. The van der Waals surface area contributed by atoms with Crippen LogP contribution in [0.3, 0.4) is 0 Å². The zero-order valence-electron chi connectivity index (χ0n) is 17.2. The van der Waals surface area contributed by atoms with E-state index >= 15 is 0 Å². The lowest BCUT2D eigenvalue weighted by atomic mass is 10.1. The number of methoxy groups -OCH3 is 2. The molecule has 0 aliphatic carbocycles. The summed E-state index contributed by atoms with van der Waals surface area (Å²) in [5.41, 5.74) is 1.33. The van der Waals surface area contributed by atoms with Crippen molar-refractivity contribution in [1.82, 2.24) is 9.78 Å². The highest BCUT2D eigenvalue weighted by Crippen LogP contribution is 2.35. The van der Waals surface area contributed by atoms with Gasteiger partial charge in [0, 0.05) is 17.7 Å². The van der Waals surface area contributed by atoms with Gasteiger partial charge in [0.1, 0.15) is 17.5 Å². The quantitative estimate of drug-likeness (QED) is 0.651. The molecule has 1 unspecified atom stereocenters. The number of rotatable bonds is 6. The van der Waals surface area contributed by atoms with Gasteiger partial charge in [0.15, 0.2) is 11.5 Å². The van der Waals surface area contributed by atoms with Crippen LogP contribution in [0.2, 0.25) is 0 Å². The van der Waals surface area contributed by atoms with Crippen LogP contribution in [-0.4, -0.2) is 36.7 Å². The lowest BCUT2D eigenvalue weighted by molar-refractivity contribution is -0.119. The van der Waals surface area contributed by atoms with Crippen LogP contribution in [-0.2, 0) is 4.79 Å². The summed E-state index contributed by atoms with van der Waals surface area (Å²) in [6.07, 6.45) is 0. The molecule has 0 radical (unpaired) electrons. The standard InChI is InChI=1S/C22H21N3O6/c1-13(22(27)23-17-6-5-15(28-2)11-19(17)29-3)25-21(26)9-7-16(24-25)14-4-8-18-20(10-14)31-12-30-18/h4-11,13H,12H2,1-3H3,(H,23,27). The Hall–Kier alpha value is -4.01. The summed E-state index contributed by atoms with van der Waals surface area (Å²) in [6.45, 7) is 1.76. The summed E-state index contributed by atoms with van der Waals surface area (Å²) < 4.78 is 22.3. The van der Waals surface area contributed by atoms with Crippen molar-refractivity contribution < 1.29 is 23.7 Å². The van der Waals surface area contributed by atoms with Crippen molar-refractivity contribution in [3.05, 3.63) is 58.9 Å². The maximum atomic E-state index is 12.9. The maximum absolute atomic E-state index is 12.9. The minimum absolute atomic E-state index is 0.164. The van der Waals surface area contributed by atoms with Gasteiger partial charge in [-0.1, -0.05) is 0 Å². The zero-order chi connectivity index (χ0) is 22.0. The second kappa shape index (κ2) is 8.39. The molecule has 0 saturated heterocycles. The highest BCUT2D eigenvalue weighted by atomic mass is 16.7. The Kier molecular flexibility index (Phi) is 5.48. The first kappa shape index (κ1) is 20.3. The molecule has 1 aromatic heterocycles. The Labute approximate surface area is 178 Å². The molecule has 0 spiro atoms. The van der Waals surface area contributed by atoms with E-state index in [1.54, 1.807) is 50.4 Å². The number of amides is 1. The summed E-state index contributed by atoms with van der Waals surface area (Å²) in [7, 11) is 3.04. The Bertz CT molecular complexity index is 1190. The molecule has 2 aromatic carbocycles. The Morgan fingerprint density at radius 1 is 1.06 bits per heavy atom. The number of benzene rings is 2. The summed E-state index contributed by atoms with van der Waals surface area (Å²) in [5, 5.41) is 7.17. The lowest BCUT2D eigenvalue weighted by Gasteiger charge is -2.17. The Balaban J connectivity index is 1.60. The molecule has 4 rings (SSSR count). The molecule has 1 N–H and O–H groups in total. The van der Waals surface area contributed by atoms with Crippen molar-refractivity contribution in [3.63, 3.8) is 0 Å². The summed E-state index contributed by atoms with van der Waals surface area (Å²) in [4.78, 5) is 25.3. The van der Waals surface area contributed by atoms with Crippen LogP contribution in [0.4, 0.5) is 5.69 Å². The highest BCUT2D eigenvalue weighted by Gasteiger charge is 2.21. The van der Waals surface area contributed by atoms with Crippen LogP contribution in [0, 0.1) is 0 Å². The Morgan fingerprint density at radius 3 is 2.65 bits per heavy atom. The number of aromatic nitrogens is 2. The van der Waals surface area contributed by atoms with E-state index in [9.17, 15) is 9.59 Å². The smallest absolute Gasteiger partial charge is 0.267 e. The van der Waals surface area contributed by atoms with Crippen LogP contribution in [0.1, 0.15) is 13.0 Å². The normalized spacial score (nSPS) is 12.9. The molecular formula is C22H21N3O6. The number of anilines is 1. The molecule has 3 aromatic rings. The number of fused-ring (bicyclic) bond motifs is 1. The molecule has 1 atom stereocenters. The molecule has 9 nitrogen and oxygen atoms in total. The molecular weight excluding hydrogens is 402 g/mol. The van der Waals surface area contributed by atoms with Gasteiger partial charge in [-0.3, -0.25) is 9.59 Å². The number of hydrogen-bond donors (Lipinski definition) is 1. The summed E-state index contributed by atoms with van der Waals surface area (Å²) >= 11 is 0. The van der Waals surface area contributed by atoms with Crippen molar-refractivity contribution in [3.8, 4) is 34.3 Å². The van der Waals surface area contributed by atoms with Crippen molar-refractivity contribution in [2.24, 2.45) is 0 Å². The number of ether oxygens (including phenoxy) is 4. The van der Waals surface area contributed by atoms with Gasteiger partial charge < -0.3 is 24.3 Å². The molecule has 0 bridgehead atoms. The number of carbonyl (C=O) groups excluding carboxylic acids is 1. The molecule has 9 heteroatoms. The van der Waals surface area contributed by atoms with Gasteiger partial charge in [-0.25, -0.2) is 4.68 Å². The van der Waals surface area contributed by atoms with Gasteiger partial charge in [0.25, 0.3) is 5.56 Å². The SMILES string of the molecule is COc1ccc(NC(=O)C(C)n2nc(-c3ccc4c(c3)OCO4)ccc2=O)c(OC)c1. The van der Waals surface area contributed by atoms with E-state index < -0.39 is 17.5 Å². The van der Waals surface area contributed by atoms with Crippen LogP contribution < -0.4 is 29.8 Å². The van der Waals surface area contributed by atoms with Gasteiger partial charge in [-0.15, -0.1) is 0 Å². The first-order valence-corrected chi connectivity index (χ1v) is 9.53. The third-order valence-corrected chi connectivity index (χ3v) is 4.91. The summed E-state index contributed by atoms with van der Waals surface area (Å²) in [5.74, 6) is 1.88. The average molecular weight is 423 g/mol. The molecule has 2 heterocycles. The zero-order valence-corrected chi connectivity index (χ0v) is 17.2. The molecule has 1 aliphatic heterocycles. The highest BCUT2D eigenvalue weighted by molar-refractivity contribution is 5.94. The lowest BCUT2D eigenvalue weighted by Crippen LogP contribution is -2.33. The molecule has 1 aliphatic rings. The molecule has 160 valence electrons. The van der Waals surface area contributed by atoms with E-state index in [0.29, 0.717) is 34.4 Å². The van der Waals surface area contributed by atoms with Gasteiger partial charge >= 0.3 is 0 Å². The van der Waals surface area contributed by atoms with E-state index in [0.717, 1.165) is 10.2 Å². The topological polar surface area (TPSA) is 101 Å². The first-order chi connectivity index (χ1) is 15.0. The van der Waals surface area contributed by atoms with Gasteiger partial charge in [-0.2, -0.15) is 5.10 Å². The van der Waals surface area contributed by atoms with Crippen LogP contribution >= 0.6 is 0 Å². The van der Waals surface area contributed by atoms with E-state index in [-0.39, 0.29) is 6.79 Å². The fraction of sp³-hybridized carbons (Fsp3) is 0.227. The second-order valence-electron chi connectivity index (χ2n) is 6.80. The van der Waals surface area contributed by atoms with Crippen molar-refractivity contribution in [1.29, 1.82) is 0 Å². The number of nitrogens with zero attached hydrogens (tertiary/aromatic N) is 2. The largest absolute Gasteiger partial charge is 0.497 e. The van der Waals surface area contributed by atoms with Crippen molar-refractivity contribution >= 4 is 11.6 Å². The van der Waals surface area contributed by atoms with E-state index in [1.165, 1.54) is 13.2 Å². The van der Waals surface area contributed by atoms with E-state index in [4.69, 9.17) is 18.9 Å². The third kappa shape index (κ3) is 4.02. The third-order valence-electron chi connectivity index (χ3n) is 4.91. The molecule has 0 fully saturated rings. The first-order valence-electron chi connectivity index (χ1n) is 9.53. The maximum Gasteiger partial charge on any atom is 0.267 e. The van der Waals surface area contributed by atoms with Gasteiger partial charge in [0.05, 0.1) is 25.6 Å². The summed E-state index contributed by atoms with van der Waals surface area (Å²) in [6, 6.07) is 12.5. The van der Waals surface area contributed by atoms with Crippen LogP contribution in [0.5, 0.6) is 23.0 Å². The minimum Gasteiger partial charge on any atom is -0.497 e. The average Bonchev–Trinajstić information content (AvgIpc) is 3.27. The number of hydrogen-bond acceptors (Lipinski definition) is 7. The van der Waals surface area contributed by atoms with Crippen LogP contribution in [0.25, 0.3) is 11.3 Å². The number of carbonyl (C=O) groups is 1. The van der Waals surface area contributed by atoms with E-state index in [2.05, 4.69) is 10.4 Å². The molecule has 31 heavy (non-hydrogen) atoms. The predicted octanol–water partition coefficient (Wildman–Crippen LogP) is 2.86. The Morgan fingerprint density at radius 2 is 1.87 bits per heavy atom. The predicted molar refractivity (Wildman–Crippen MR) is 113 cm³/mol. The number of nitrogens with one attached hydrogen (secondary N) is 1. The fourth-order valence-electron chi connectivity index (χ4n) is 3.16. The molecule has 0 saturated carbocycles. The monoisotopic (exact) mass is 423 g/mol. The van der Waals surface area contributed by atoms with Gasteiger partial charge in [0.2, 0.25) is 12.7 Å².